The van der Waals surface area contributed by atoms with Gasteiger partial charge in [-0.3, -0.25) is 9.78 Å². The maximum Gasteiger partial charge on any atom is 0.271 e. The molecule has 2 aliphatic rings. The molecule has 1 amide bonds. The molecule has 1 atom stereocenters. The summed E-state index contributed by atoms with van der Waals surface area (Å²) in [5.74, 6) is -0.0625. The molecule has 9 heteroatoms. The number of aromatic nitrogens is 1. The molecule has 0 aromatic carbocycles. The van der Waals surface area contributed by atoms with E-state index >= 15 is 0 Å². The molecule has 3 rings (SSSR count). The molecule has 1 spiro atoms. The summed E-state index contributed by atoms with van der Waals surface area (Å²) in [6, 6.07) is 5.56. The lowest BCUT2D eigenvalue weighted by molar-refractivity contribution is -0.123. The van der Waals surface area contributed by atoms with Crippen LogP contribution < -0.4 is 0 Å². The number of piperidine rings is 1. The van der Waals surface area contributed by atoms with Crippen molar-refractivity contribution in [3.63, 3.8) is 0 Å². The summed E-state index contributed by atoms with van der Waals surface area (Å²) in [6.45, 7) is 3.10. The zero-order valence-electron chi connectivity index (χ0n) is 16.5. The van der Waals surface area contributed by atoms with Crippen LogP contribution in [0.5, 0.6) is 0 Å². The second-order valence-electron chi connectivity index (χ2n) is 7.58. The standard InChI is InChI=1S/C19H28N4O4S/c1-3-4-12-28(25,26)23-11-7-9-19(15-23)13-17(21-27-19)18(24)22(2)14-16-8-5-6-10-20-16/h5-6,8,10H,3-4,7,9,11-15H2,1-2H3/t19-/m0/s1. The largest absolute Gasteiger partial charge is 0.387 e. The number of pyridine rings is 1. The van der Waals surface area contributed by atoms with E-state index < -0.39 is 15.6 Å². The van der Waals surface area contributed by atoms with Crippen molar-refractivity contribution >= 4 is 21.6 Å². The van der Waals surface area contributed by atoms with E-state index in [0.717, 1.165) is 12.1 Å². The van der Waals surface area contributed by atoms with Crippen LogP contribution in [0.3, 0.4) is 0 Å². The highest BCUT2D eigenvalue weighted by atomic mass is 32.2. The highest BCUT2D eigenvalue weighted by Crippen LogP contribution is 2.35. The summed E-state index contributed by atoms with van der Waals surface area (Å²) >= 11 is 0. The third-order valence-corrected chi connectivity index (χ3v) is 7.11. The molecular weight excluding hydrogens is 380 g/mol. The van der Waals surface area contributed by atoms with Crippen LogP contribution in [0, 0.1) is 0 Å². The molecule has 8 nitrogen and oxygen atoms in total. The first kappa shape index (κ1) is 20.7. The zero-order chi connectivity index (χ0) is 20.2. The predicted molar refractivity (Wildman–Crippen MR) is 106 cm³/mol. The van der Waals surface area contributed by atoms with Gasteiger partial charge in [0.25, 0.3) is 5.91 Å². The summed E-state index contributed by atoms with van der Waals surface area (Å²) in [6.07, 6.45) is 4.89. The van der Waals surface area contributed by atoms with Gasteiger partial charge in [0.1, 0.15) is 5.71 Å². The molecule has 0 aliphatic carbocycles. The Kier molecular flexibility index (Phi) is 6.34. The molecule has 0 saturated carbocycles. The summed E-state index contributed by atoms with van der Waals surface area (Å²) in [4.78, 5) is 24.2. The SMILES string of the molecule is CCCCS(=O)(=O)N1CCC[C@]2(CC(C(=O)N(C)Cc3ccccn3)=NO2)C1. The molecule has 0 bridgehead atoms. The number of hydrogen-bond acceptors (Lipinski definition) is 6. The van der Waals surface area contributed by atoms with Gasteiger partial charge in [0.05, 0.1) is 24.5 Å². The molecule has 0 N–H and O–H groups in total. The first-order chi connectivity index (χ1) is 13.4. The number of carbonyl (C=O) groups excluding carboxylic acids is 1. The first-order valence-electron chi connectivity index (χ1n) is 9.73. The third kappa shape index (κ3) is 4.70. The Morgan fingerprint density at radius 1 is 1.39 bits per heavy atom. The number of rotatable bonds is 7. The van der Waals surface area contributed by atoms with Crippen molar-refractivity contribution in [3.05, 3.63) is 30.1 Å². The maximum atomic E-state index is 12.8. The molecule has 1 saturated heterocycles. The van der Waals surface area contributed by atoms with Crippen LogP contribution in [0.15, 0.2) is 29.6 Å². The fraction of sp³-hybridized carbons (Fsp3) is 0.632. The van der Waals surface area contributed by atoms with Crippen LogP contribution in [0.1, 0.15) is 44.7 Å². The molecule has 1 fully saturated rings. The van der Waals surface area contributed by atoms with E-state index in [9.17, 15) is 13.2 Å². The van der Waals surface area contributed by atoms with E-state index in [1.165, 1.54) is 4.31 Å². The van der Waals surface area contributed by atoms with Crippen molar-refractivity contribution in [2.24, 2.45) is 5.16 Å². The van der Waals surface area contributed by atoms with Gasteiger partial charge in [0.15, 0.2) is 5.60 Å². The smallest absolute Gasteiger partial charge is 0.271 e. The highest BCUT2D eigenvalue weighted by molar-refractivity contribution is 7.89. The predicted octanol–water partition coefficient (Wildman–Crippen LogP) is 1.78. The van der Waals surface area contributed by atoms with Crippen LogP contribution in [0.2, 0.25) is 0 Å². The van der Waals surface area contributed by atoms with E-state index in [1.807, 2.05) is 25.1 Å². The second kappa shape index (κ2) is 8.57. The molecular formula is C19H28N4O4S. The van der Waals surface area contributed by atoms with Gasteiger partial charge < -0.3 is 9.74 Å². The summed E-state index contributed by atoms with van der Waals surface area (Å²) in [7, 11) is -1.60. The van der Waals surface area contributed by atoms with Crippen molar-refractivity contribution in [3.8, 4) is 0 Å². The quantitative estimate of drug-likeness (QED) is 0.686. The van der Waals surface area contributed by atoms with Crippen LogP contribution in [-0.4, -0.2) is 65.7 Å². The molecule has 0 unspecified atom stereocenters. The fourth-order valence-corrected chi connectivity index (χ4v) is 5.38. The Morgan fingerprint density at radius 3 is 2.93 bits per heavy atom. The second-order valence-corrected chi connectivity index (χ2v) is 9.67. The van der Waals surface area contributed by atoms with Gasteiger partial charge >= 0.3 is 0 Å². The average molecular weight is 409 g/mol. The average Bonchev–Trinajstić information content (AvgIpc) is 3.09. The summed E-state index contributed by atoms with van der Waals surface area (Å²) < 4.78 is 26.6. The molecule has 0 radical (unpaired) electrons. The molecule has 1 aromatic rings. The summed E-state index contributed by atoms with van der Waals surface area (Å²) in [5.41, 5.74) is 0.402. The molecule has 1 aromatic heterocycles. The number of carbonyl (C=O) groups is 1. The first-order valence-corrected chi connectivity index (χ1v) is 11.3. The van der Waals surface area contributed by atoms with Crippen LogP contribution >= 0.6 is 0 Å². The molecule has 3 heterocycles. The van der Waals surface area contributed by atoms with Gasteiger partial charge in [-0.15, -0.1) is 0 Å². The van der Waals surface area contributed by atoms with Gasteiger partial charge in [0, 0.05) is 26.2 Å². The number of oxime groups is 1. The van der Waals surface area contributed by atoms with Crippen molar-refractivity contribution in [2.45, 2.75) is 51.2 Å². The van der Waals surface area contributed by atoms with Crippen LogP contribution in [0.25, 0.3) is 0 Å². The van der Waals surface area contributed by atoms with E-state index in [0.29, 0.717) is 44.5 Å². The van der Waals surface area contributed by atoms with E-state index in [4.69, 9.17) is 4.84 Å². The van der Waals surface area contributed by atoms with Gasteiger partial charge in [0.2, 0.25) is 10.0 Å². The Balaban J connectivity index is 1.62. The fourth-order valence-electron chi connectivity index (χ4n) is 3.63. The summed E-state index contributed by atoms with van der Waals surface area (Å²) in [5, 5.41) is 4.04. The van der Waals surface area contributed by atoms with Crippen LogP contribution in [0.4, 0.5) is 0 Å². The minimum atomic E-state index is -3.30. The van der Waals surface area contributed by atoms with Gasteiger partial charge in [-0.1, -0.05) is 24.6 Å². The van der Waals surface area contributed by atoms with E-state index in [-0.39, 0.29) is 18.2 Å². The number of hydrogen-bond donors (Lipinski definition) is 0. The Bertz CT molecular complexity index is 828. The topological polar surface area (TPSA) is 92.2 Å². The van der Waals surface area contributed by atoms with Crippen molar-refractivity contribution in [1.29, 1.82) is 0 Å². The molecule has 28 heavy (non-hydrogen) atoms. The van der Waals surface area contributed by atoms with Crippen LogP contribution in [-0.2, 0) is 26.2 Å². The number of unbranched alkanes of at least 4 members (excludes halogenated alkanes) is 1. The zero-order valence-corrected chi connectivity index (χ0v) is 17.3. The lowest BCUT2D eigenvalue weighted by Crippen LogP contribution is -2.51. The van der Waals surface area contributed by atoms with Gasteiger partial charge in [-0.05, 0) is 31.4 Å². The lowest BCUT2D eigenvalue weighted by Gasteiger charge is -2.37. The van der Waals surface area contributed by atoms with Gasteiger partial charge in [-0.25, -0.2) is 8.42 Å². The maximum absolute atomic E-state index is 12.8. The Labute approximate surface area is 166 Å². The molecule has 2 aliphatic heterocycles. The lowest BCUT2D eigenvalue weighted by atomic mass is 9.89. The van der Waals surface area contributed by atoms with Crippen molar-refractivity contribution < 1.29 is 18.0 Å². The highest BCUT2D eigenvalue weighted by Gasteiger charge is 2.47. The van der Waals surface area contributed by atoms with Crippen molar-refractivity contribution in [1.82, 2.24) is 14.2 Å². The molecule has 154 valence electrons. The normalized spacial score (nSPS) is 22.7. The van der Waals surface area contributed by atoms with Crippen molar-refractivity contribution in [2.75, 3.05) is 25.9 Å². The number of amides is 1. The minimum Gasteiger partial charge on any atom is -0.387 e. The Morgan fingerprint density at radius 2 is 2.21 bits per heavy atom. The Hall–Kier alpha value is -2.00. The monoisotopic (exact) mass is 408 g/mol. The number of sulfonamides is 1. The van der Waals surface area contributed by atoms with E-state index in [1.54, 1.807) is 18.1 Å². The number of nitrogens with zero attached hydrogens (tertiary/aromatic N) is 4. The van der Waals surface area contributed by atoms with Gasteiger partial charge in [-0.2, -0.15) is 4.31 Å². The van der Waals surface area contributed by atoms with E-state index in [2.05, 4.69) is 10.1 Å². The minimum absolute atomic E-state index is 0.152. The third-order valence-electron chi connectivity index (χ3n) is 5.21.